The Labute approximate surface area is 165 Å². The molecule has 1 unspecified atom stereocenters. The molecule has 3 rings (SSSR count). The summed E-state index contributed by atoms with van der Waals surface area (Å²) in [7, 11) is 0. The molecule has 0 bridgehead atoms. The standard InChI is InChI=1S/C25H34N2/c1-2-3-4-5-6-7-14-19-26-20-21-27(24-17-12-9-13-18-24)25(26)22-23-15-10-8-11-16-23/h8-13,15-18,20-21,25H,2-7,14,19,22H2,1H3. The number of rotatable bonds is 11. The fourth-order valence-corrected chi connectivity index (χ4v) is 3.89. The van der Waals surface area contributed by atoms with Gasteiger partial charge in [-0.3, -0.25) is 0 Å². The molecule has 0 saturated heterocycles. The first-order valence-corrected chi connectivity index (χ1v) is 10.7. The highest BCUT2D eigenvalue weighted by molar-refractivity contribution is 5.51. The molecule has 1 heterocycles. The summed E-state index contributed by atoms with van der Waals surface area (Å²) in [5, 5.41) is 0. The first-order chi connectivity index (χ1) is 13.4. The minimum atomic E-state index is 0.370. The van der Waals surface area contributed by atoms with Gasteiger partial charge in [-0.15, -0.1) is 0 Å². The summed E-state index contributed by atoms with van der Waals surface area (Å²) in [5.74, 6) is 0. The predicted molar refractivity (Wildman–Crippen MR) is 117 cm³/mol. The number of hydrogen-bond acceptors (Lipinski definition) is 2. The van der Waals surface area contributed by atoms with Gasteiger partial charge >= 0.3 is 0 Å². The van der Waals surface area contributed by atoms with E-state index in [1.807, 2.05) is 0 Å². The van der Waals surface area contributed by atoms with Gasteiger partial charge in [0.05, 0.1) is 0 Å². The molecule has 1 aliphatic heterocycles. The van der Waals surface area contributed by atoms with Crippen LogP contribution in [0.3, 0.4) is 0 Å². The highest BCUT2D eigenvalue weighted by atomic mass is 15.4. The zero-order valence-corrected chi connectivity index (χ0v) is 16.8. The number of hydrogen-bond donors (Lipinski definition) is 0. The van der Waals surface area contributed by atoms with Crippen LogP contribution in [0.5, 0.6) is 0 Å². The zero-order chi connectivity index (χ0) is 18.7. The molecule has 2 aromatic carbocycles. The lowest BCUT2D eigenvalue weighted by Crippen LogP contribution is -2.40. The maximum Gasteiger partial charge on any atom is 0.109 e. The van der Waals surface area contributed by atoms with Crippen LogP contribution in [-0.2, 0) is 6.42 Å². The third-order valence-electron chi connectivity index (χ3n) is 5.46. The zero-order valence-electron chi connectivity index (χ0n) is 16.8. The number of para-hydroxylation sites is 1. The van der Waals surface area contributed by atoms with Gasteiger partial charge in [-0.05, 0) is 24.1 Å². The van der Waals surface area contributed by atoms with Gasteiger partial charge in [0, 0.05) is 31.1 Å². The van der Waals surface area contributed by atoms with Crippen LogP contribution in [0.1, 0.15) is 57.4 Å². The second-order valence-corrected chi connectivity index (χ2v) is 7.57. The molecule has 0 radical (unpaired) electrons. The van der Waals surface area contributed by atoms with Crippen LogP contribution in [0.15, 0.2) is 73.1 Å². The highest BCUT2D eigenvalue weighted by Gasteiger charge is 2.27. The second kappa shape index (κ2) is 10.8. The molecule has 144 valence electrons. The van der Waals surface area contributed by atoms with Crippen molar-refractivity contribution in [2.75, 3.05) is 11.4 Å². The number of anilines is 1. The Hall–Kier alpha value is -2.22. The second-order valence-electron chi connectivity index (χ2n) is 7.57. The summed E-state index contributed by atoms with van der Waals surface area (Å²) in [6.07, 6.45) is 15.5. The van der Waals surface area contributed by atoms with Crippen LogP contribution in [0, 0.1) is 0 Å². The van der Waals surface area contributed by atoms with E-state index >= 15 is 0 Å². The average Bonchev–Trinajstić information content (AvgIpc) is 3.11. The third kappa shape index (κ3) is 5.89. The Kier molecular flexibility index (Phi) is 7.83. The molecule has 0 N–H and O–H groups in total. The van der Waals surface area contributed by atoms with Gasteiger partial charge in [0.1, 0.15) is 6.17 Å². The van der Waals surface area contributed by atoms with Crippen molar-refractivity contribution in [1.82, 2.24) is 4.90 Å². The van der Waals surface area contributed by atoms with E-state index in [9.17, 15) is 0 Å². The molecule has 0 aromatic heterocycles. The average molecular weight is 363 g/mol. The molecule has 0 aliphatic carbocycles. The SMILES string of the molecule is CCCCCCCCCN1C=CN(c2ccccc2)C1Cc1ccccc1. The van der Waals surface area contributed by atoms with Crippen molar-refractivity contribution in [2.24, 2.45) is 0 Å². The third-order valence-corrected chi connectivity index (χ3v) is 5.46. The quantitative estimate of drug-likeness (QED) is 0.416. The van der Waals surface area contributed by atoms with Gasteiger partial charge < -0.3 is 9.80 Å². The molecule has 2 heteroatoms. The molecule has 0 amide bonds. The molecule has 2 nitrogen and oxygen atoms in total. The Morgan fingerprint density at radius 3 is 2.04 bits per heavy atom. The van der Waals surface area contributed by atoms with E-state index in [0.717, 1.165) is 13.0 Å². The van der Waals surface area contributed by atoms with E-state index in [0.29, 0.717) is 6.17 Å². The molecule has 0 saturated carbocycles. The number of benzene rings is 2. The normalized spacial score (nSPS) is 16.3. The summed E-state index contributed by atoms with van der Waals surface area (Å²) >= 11 is 0. The van der Waals surface area contributed by atoms with Crippen molar-refractivity contribution in [3.63, 3.8) is 0 Å². The largest absolute Gasteiger partial charge is 0.355 e. The molecular formula is C25H34N2. The number of nitrogens with zero attached hydrogens (tertiary/aromatic N) is 2. The van der Waals surface area contributed by atoms with E-state index < -0.39 is 0 Å². The van der Waals surface area contributed by atoms with Crippen molar-refractivity contribution in [3.8, 4) is 0 Å². The molecule has 1 aliphatic rings. The monoisotopic (exact) mass is 362 g/mol. The maximum atomic E-state index is 2.53. The van der Waals surface area contributed by atoms with Crippen LogP contribution >= 0.6 is 0 Å². The highest BCUT2D eigenvalue weighted by Crippen LogP contribution is 2.27. The van der Waals surface area contributed by atoms with Gasteiger partial charge in [-0.2, -0.15) is 0 Å². The van der Waals surface area contributed by atoms with Crippen molar-refractivity contribution in [3.05, 3.63) is 78.6 Å². The van der Waals surface area contributed by atoms with Gasteiger partial charge in [0.2, 0.25) is 0 Å². The van der Waals surface area contributed by atoms with Crippen LogP contribution in [0.2, 0.25) is 0 Å². The van der Waals surface area contributed by atoms with E-state index in [1.54, 1.807) is 0 Å². The fourth-order valence-electron chi connectivity index (χ4n) is 3.89. The van der Waals surface area contributed by atoms with Crippen LogP contribution in [0.25, 0.3) is 0 Å². The smallest absolute Gasteiger partial charge is 0.109 e. The summed E-state index contributed by atoms with van der Waals surface area (Å²) in [6.45, 7) is 3.43. The molecule has 27 heavy (non-hydrogen) atoms. The van der Waals surface area contributed by atoms with Crippen LogP contribution < -0.4 is 4.90 Å². The van der Waals surface area contributed by atoms with Gasteiger partial charge in [-0.25, -0.2) is 0 Å². The van der Waals surface area contributed by atoms with Gasteiger partial charge in [0.25, 0.3) is 0 Å². The van der Waals surface area contributed by atoms with Crippen LogP contribution in [-0.4, -0.2) is 17.6 Å². The minimum absolute atomic E-state index is 0.370. The lowest BCUT2D eigenvalue weighted by Gasteiger charge is -2.33. The van der Waals surface area contributed by atoms with E-state index in [1.165, 1.54) is 56.2 Å². The Bertz CT molecular complexity index is 665. The van der Waals surface area contributed by atoms with E-state index in [4.69, 9.17) is 0 Å². The van der Waals surface area contributed by atoms with Crippen molar-refractivity contribution in [1.29, 1.82) is 0 Å². The number of unbranched alkanes of at least 4 members (excludes halogenated alkanes) is 6. The molecule has 0 spiro atoms. The summed E-state index contributed by atoms with van der Waals surface area (Å²) in [4.78, 5) is 4.96. The van der Waals surface area contributed by atoms with Crippen molar-refractivity contribution in [2.45, 2.75) is 64.5 Å². The Morgan fingerprint density at radius 1 is 0.704 bits per heavy atom. The fraction of sp³-hybridized carbons (Fsp3) is 0.440. The summed E-state index contributed by atoms with van der Waals surface area (Å²) in [5.41, 5.74) is 2.67. The lowest BCUT2D eigenvalue weighted by atomic mass is 10.1. The molecule has 1 atom stereocenters. The van der Waals surface area contributed by atoms with Crippen molar-refractivity contribution >= 4 is 5.69 Å². The van der Waals surface area contributed by atoms with Crippen molar-refractivity contribution < 1.29 is 0 Å². The molecule has 0 fully saturated rings. The summed E-state index contributed by atoms with van der Waals surface area (Å²) in [6, 6.07) is 21.6. The van der Waals surface area contributed by atoms with Crippen LogP contribution in [0.4, 0.5) is 5.69 Å². The minimum Gasteiger partial charge on any atom is -0.355 e. The first-order valence-electron chi connectivity index (χ1n) is 10.7. The molecular weight excluding hydrogens is 328 g/mol. The Morgan fingerprint density at radius 2 is 1.33 bits per heavy atom. The first kappa shape index (κ1) is 19.5. The van der Waals surface area contributed by atoms with Gasteiger partial charge in [0.15, 0.2) is 0 Å². The maximum absolute atomic E-state index is 2.53. The predicted octanol–water partition coefficient (Wildman–Crippen LogP) is 6.60. The molecule has 2 aromatic rings. The lowest BCUT2D eigenvalue weighted by molar-refractivity contribution is 0.290. The summed E-state index contributed by atoms with van der Waals surface area (Å²) < 4.78 is 0. The van der Waals surface area contributed by atoms with E-state index in [-0.39, 0.29) is 0 Å². The van der Waals surface area contributed by atoms with E-state index in [2.05, 4.69) is 89.8 Å². The topological polar surface area (TPSA) is 6.48 Å². The Balaban J connectivity index is 1.58. The van der Waals surface area contributed by atoms with Gasteiger partial charge in [-0.1, -0.05) is 94.0 Å².